The first-order chi connectivity index (χ1) is 19.3. The van der Waals surface area contributed by atoms with E-state index in [1.165, 1.54) is 0 Å². The SMILES string of the molecule is CCOC(=O)C12CC(c3ccc(OC)cc3)(c3ccc(OC)cc3)OOC1(O)CCN(Cc1ccccc1)C2=O. The number of likely N-dealkylation sites (tertiary alicyclic amines) is 1. The summed E-state index contributed by atoms with van der Waals surface area (Å²) >= 11 is 0. The average Bonchev–Trinajstić information content (AvgIpc) is 2.99. The van der Waals surface area contributed by atoms with E-state index in [0.717, 1.165) is 5.56 Å². The standard InChI is InChI=1S/C31H33NO8/c1-4-38-28(34)29-21-30(23-10-14-25(36-2)15-11-23,24-12-16-26(37-3)17-13-24)39-40-31(29,35)18-19-32(27(29)33)20-22-8-6-5-7-9-22/h5-17,35H,4,18-21H2,1-3H3. The normalized spacial score (nSPS) is 23.7. The fourth-order valence-electron chi connectivity index (χ4n) is 5.62. The molecule has 1 amide bonds. The van der Waals surface area contributed by atoms with Gasteiger partial charge in [0.25, 0.3) is 0 Å². The molecule has 9 heteroatoms. The van der Waals surface area contributed by atoms with Crippen molar-refractivity contribution in [3.05, 3.63) is 95.6 Å². The van der Waals surface area contributed by atoms with Crippen LogP contribution in [0.2, 0.25) is 0 Å². The number of hydrogen-bond acceptors (Lipinski definition) is 8. The predicted molar refractivity (Wildman–Crippen MR) is 144 cm³/mol. The van der Waals surface area contributed by atoms with Gasteiger partial charge in [0.05, 0.1) is 20.8 Å². The van der Waals surface area contributed by atoms with Crippen molar-refractivity contribution >= 4 is 11.9 Å². The number of rotatable bonds is 8. The zero-order chi connectivity index (χ0) is 28.4. The molecule has 2 heterocycles. The summed E-state index contributed by atoms with van der Waals surface area (Å²) in [7, 11) is 3.12. The molecule has 40 heavy (non-hydrogen) atoms. The summed E-state index contributed by atoms with van der Waals surface area (Å²) in [6.07, 6.45) is -0.316. The molecular formula is C31H33NO8. The molecule has 0 bridgehead atoms. The summed E-state index contributed by atoms with van der Waals surface area (Å²) in [5.41, 5.74) is -1.50. The van der Waals surface area contributed by atoms with Crippen LogP contribution in [-0.2, 0) is 36.2 Å². The van der Waals surface area contributed by atoms with Gasteiger partial charge in [-0.1, -0.05) is 54.6 Å². The van der Waals surface area contributed by atoms with Gasteiger partial charge >= 0.3 is 5.97 Å². The zero-order valence-electron chi connectivity index (χ0n) is 22.8. The second-order valence-corrected chi connectivity index (χ2v) is 10.00. The van der Waals surface area contributed by atoms with Crippen molar-refractivity contribution in [3.63, 3.8) is 0 Å². The van der Waals surface area contributed by atoms with E-state index in [1.807, 2.05) is 30.3 Å². The summed E-state index contributed by atoms with van der Waals surface area (Å²) in [4.78, 5) is 41.8. The van der Waals surface area contributed by atoms with E-state index in [9.17, 15) is 14.7 Å². The minimum atomic E-state index is -2.24. The molecule has 0 saturated carbocycles. The highest BCUT2D eigenvalue weighted by Crippen LogP contribution is 2.57. The molecule has 0 radical (unpaired) electrons. The number of esters is 1. The minimum Gasteiger partial charge on any atom is -0.497 e. The van der Waals surface area contributed by atoms with E-state index in [-0.39, 0.29) is 32.5 Å². The highest BCUT2D eigenvalue weighted by atomic mass is 17.2. The predicted octanol–water partition coefficient (Wildman–Crippen LogP) is 3.97. The van der Waals surface area contributed by atoms with Crippen molar-refractivity contribution in [1.82, 2.24) is 4.90 Å². The molecule has 5 rings (SSSR count). The van der Waals surface area contributed by atoms with Crippen LogP contribution in [0.15, 0.2) is 78.9 Å². The number of carbonyl (C=O) groups excluding carboxylic acids is 2. The quantitative estimate of drug-likeness (QED) is 0.257. The lowest BCUT2D eigenvalue weighted by molar-refractivity contribution is -0.509. The highest BCUT2D eigenvalue weighted by molar-refractivity contribution is 6.05. The van der Waals surface area contributed by atoms with Crippen LogP contribution in [0.4, 0.5) is 0 Å². The molecule has 3 aromatic rings. The first-order valence-electron chi connectivity index (χ1n) is 13.2. The Morgan fingerprint density at radius 3 is 2.00 bits per heavy atom. The van der Waals surface area contributed by atoms with Gasteiger partial charge in [0.1, 0.15) is 11.5 Å². The van der Waals surface area contributed by atoms with Gasteiger partial charge in [0, 0.05) is 25.9 Å². The molecule has 0 spiro atoms. The Morgan fingerprint density at radius 1 is 0.900 bits per heavy atom. The third-order valence-electron chi connectivity index (χ3n) is 7.83. The van der Waals surface area contributed by atoms with Crippen LogP contribution in [0.25, 0.3) is 0 Å². The Bertz CT molecular complexity index is 1300. The number of methoxy groups -OCH3 is 2. The Morgan fingerprint density at radius 2 is 1.48 bits per heavy atom. The first kappa shape index (κ1) is 27.6. The van der Waals surface area contributed by atoms with Gasteiger partial charge in [-0.15, -0.1) is 0 Å². The Hall–Kier alpha value is -3.92. The molecule has 2 fully saturated rings. The van der Waals surface area contributed by atoms with E-state index in [4.69, 9.17) is 24.0 Å². The third-order valence-corrected chi connectivity index (χ3v) is 7.83. The fraction of sp³-hybridized carbons (Fsp3) is 0.355. The van der Waals surface area contributed by atoms with Gasteiger partial charge in [0.2, 0.25) is 17.1 Å². The first-order valence-corrected chi connectivity index (χ1v) is 13.2. The number of fused-ring (bicyclic) bond motifs is 1. The van der Waals surface area contributed by atoms with Gasteiger partial charge in [-0.05, 0) is 47.9 Å². The molecule has 2 atom stereocenters. The fourth-order valence-corrected chi connectivity index (χ4v) is 5.62. The molecule has 1 N–H and O–H groups in total. The van der Waals surface area contributed by atoms with Gasteiger partial charge in [0.15, 0.2) is 5.60 Å². The lowest BCUT2D eigenvalue weighted by atomic mass is 9.63. The number of hydrogen-bond donors (Lipinski definition) is 1. The number of aliphatic hydroxyl groups is 1. The number of carbonyl (C=O) groups is 2. The van der Waals surface area contributed by atoms with Crippen LogP contribution >= 0.6 is 0 Å². The number of ether oxygens (including phenoxy) is 3. The second kappa shape index (κ2) is 10.9. The molecule has 2 saturated heterocycles. The summed E-state index contributed by atoms with van der Waals surface area (Å²) in [6, 6.07) is 23.6. The topological polar surface area (TPSA) is 104 Å². The van der Waals surface area contributed by atoms with E-state index < -0.39 is 28.7 Å². The number of nitrogens with zero attached hydrogens (tertiary/aromatic N) is 1. The zero-order valence-corrected chi connectivity index (χ0v) is 22.8. The van der Waals surface area contributed by atoms with Crippen LogP contribution < -0.4 is 9.47 Å². The molecule has 3 aromatic carbocycles. The molecule has 2 unspecified atom stereocenters. The van der Waals surface area contributed by atoms with Gasteiger partial charge in [-0.3, -0.25) is 9.59 Å². The summed E-state index contributed by atoms with van der Waals surface area (Å²) < 4.78 is 16.2. The lowest BCUT2D eigenvalue weighted by Gasteiger charge is -2.55. The lowest BCUT2D eigenvalue weighted by Crippen LogP contribution is -2.72. The third kappa shape index (κ3) is 4.50. The molecule has 9 nitrogen and oxygen atoms in total. The van der Waals surface area contributed by atoms with Crippen LogP contribution in [0.3, 0.4) is 0 Å². The minimum absolute atomic E-state index is 0.0154. The molecule has 0 aromatic heterocycles. The highest BCUT2D eigenvalue weighted by Gasteiger charge is 2.73. The number of benzene rings is 3. The maximum absolute atomic E-state index is 14.4. The van der Waals surface area contributed by atoms with Crippen molar-refractivity contribution in [2.24, 2.45) is 5.41 Å². The molecule has 210 valence electrons. The Balaban J connectivity index is 1.67. The largest absolute Gasteiger partial charge is 0.497 e. The van der Waals surface area contributed by atoms with Gasteiger partial charge in [-0.25, -0.2) is 4.89 Å². The van der Waals surface area contributed by atoms with E-state index >= 15 is 0 Å². The average molecular weight is 548 g/mol. The Kier molecular flexibility index (Phi) is 7.55. The van der Waals surface area contributed by atoms with Crippen molar-refractivity contribution < 1.29 is 38.7 Å². The van der Waals surface area contributed by atoms with E-state index in [0.29, 0.717) is 22.6 Å². The van der Waals surface area contributed by atoms with Crippen molar-refractivity contribution in [1.29, 1.82) is 0 Å². The van der Waals surface area contributed by atoms with Gasteiger partial charge < -0.3 is 24.2 Å². The van der Waals surface area contributed by atoms with Crippen molar-refractivity contribution in [2.75, 3.05) is 27.4 Å². The maximum Gasteiger partial charge on any atom is 0.327 e. The van der Waals surface area contributed by atoms with Crippen LogP contribution in [0, 0.1) is 5.41 Å². The summed E-state index contributed by atoms with van der Waals surface area (Å²) in [5, 5.41) is 11.8. The smallest absolute Gasteiger partial charge is 0.327 e. The van der Waals surface area contributed by atoms with E-state index in [1.54, 1.807) is 74.6 Å². The van der Waals surface area contributed by atoms with E-state index in [2.05, 4.69) is 0 Å². The maximum atomic E-state index is 14.4. The number of amides is 1. The van der Waals surface area contributed by atoms with Crippen LogP contribution in [0.1, 0.15) is 36.5 Å². The molecule has 2 aliphatic rings. The Labute approximate surface area is 233 Å². The molecule has 2 aliphatic heterocycles. The van der Waals surface area contributed by atoms with Crippen LogP contribution in [-0.4, -0.2) is 55.0 Å². The van der Waals surface area contributed by atoms with Crippen molar-refractivity contribution in [2.45, 2.75) is 37.7 Å². The molecular weight excluding hydrogens is 514 g/mol. The number of piperidine rings is 1. The van der Waals surface area contributed by atoms with Crippen LogP contribution in [0.5, 0.6) is 11.5 Å². The summed E-state index contributed by atoms with van der Waals surface area (Å²) in [5.74, 6) is -2.46. The molecule has 0 aliphatic carbocycles. The monoisotopic (exact) mass is 547 g/mol. The van der Waals surface area contributed by atoms with Crippen molar-refractivity contribution in [3.8, 4) is 11.5 Å². The summed E-state index contributed by atoms with van der Waals surface area (Å²) in [6.45, 7) is 2.09. The second-order valence-electron chi connectivity index (χ2n) is 10.00. The van der Waals surface area contributed by atoms with Gasteiger partial charge in [-0.2, -0.15) is 4.89 Å².